The minimum absolute atomic E-state index is 0.0128. The Morgan fingerprint density at radius 2 is 1.52 bits per heavy atom. The summed E-state index contributed by atoms with van der Waals surface area (Å²) in [5.41, 5.74) is 1.66. The van der Waals surface area contributed by atoms with Crippen LogP contribution < -0.4 is 0 Å². The van der Waals surface area contributed by atoms with Crippen LogP contribution in [-0.2, 0) is 4.79 Å². The summed E-state index contributed by atoms with van der Waals surface area (Å²) in [5, 5.41) is 4.46. The van der Waals surface area contributed by atoms with E-state index in [1.54, 1.807) is 16.6 Å². The maximum Gasteiger partial charge on any atom is 0.293 e. The summed E-state index contributed by atoms with van der Waals surface area (Å²) in [7, 11) is 1.59. The van der Waals surface area contributed by atoms with Gasteiger partial charge in [0.2, 0.25) is 11.7 Å². The van der Waals surface area contributed by atoms with Crippen molar-refractivity contribution in [1.82, 2.24) is 24.6 Å². The lowest BCUT2D eigenvalue weighted by Crippen LogP contribution is -2.41. The molecular formula is C22H25N5O2. The lowest BCUT2D eigenvalue weighted by atomic mass is 10.2. The fourth-order valence-electron chi connectivity index (χ4n) is 3.05. The highest BCUT2D eigenvalue weighted by Gasteiger charge is 2.23. The third-order valence-electron chi connectivity index (χ3n) is 4.67. The largest absolute Gasteiger partial charge is 0.342 e. The van der Waals surface area contributed by atoms with Gasteiger partial charge in [-0.1, -0.05) is 48.5 Å². The Hall–Kier alpha value is -3.48. The van der Waals surface area contributed by atoms with Crippen molar-refractivity contribution < 1.29 is 9.59 Å². The third-order valence-corrected chi connectivity index (χ3v) is 4.67. The minimum atomic E-state index is -0.391. The maximum atomic E-state index is 12.9. The zero-order chi connectivity index (χ0) is 20.8. The van der Waals surface area contributed by atoms with Crippen LogP contribution in [0.2, 0.25) is 0 Å². The average molecular weight is 391 g/mol. The Morgan fingerprint density at radius 1 is 0.931 bits per heavy atom. The molecule has 3 aromatic rings. The van der Waals surface area contributed by atoms with Gasteiger partial charge in [-0.25, -0.2) is 9.67 Å². The molecule has 0 fully saturated rings. The van der Waals surface area contributed by atoms with Crippen LogP contribution in [0.25, 0.3) is 17.1 Å². The van der Waals surface area contributed by atoms with E-state index in [9.17, 15) is 9.59 Å². The first-order chi connectivity index (χ1) is 14.0. The first-order valence-electron chi connectivity index (χ1n) is 9.66. The second-order valence-electron chi connectivity index (χ2n) is 6.60. The number of carbonyl (C=O) groups is 2. The second-order valence-corrected chi connectivity index (χ2v) is 6.60. The summed E-state index contributed by atoms with van der Waals surface area (Å²) in [6.07, 6.45) is 0. The summed E-state index contributed by atoms with van der Waals surface area (Å²) in [4.78, 5) is 32.8. The zero-order valence-corrected chi connectivity index (χ0v) is 16.9. The Morgan fingerprint density at radius 3 is 2.10 bits per heavy atom. The van der Waals surface area contributed by atoms with Gasteiger partial charge in [0, 0.05) is 25.7 Å². The van der Waals surface area contributed by atoms with Gasteiger partial charge in [0.05, 0.1) is 12.2 Å². The van der Waals surface area contributed by atoms with Gasteiger partial charge in [-0.2, -0.15) is 0 Å². The van der Waals surface area contributed by atoms with Crippen LogP contribution in [0.15, 0.2) is 60.7 Å². The van der Waals surface area contributed by atoms with Crippen molar-refractivity contribution in [3.05, 3.63) is 66.5 Å². The van der Waals surface area contributed by atoms with E-state index < -0.39 is 5.91 Å². The highest BCUT2D eigenvalue weighted by molar-refractivity contribution is 5.93. The molecule has 0 unspecified atom stereocenters. The SMILES string of the molecule is CCN(CC)C(=O)CN(C)C(=O)c1nc(-c2ccccc2)n(-c2ccccc2)n1. The predicted molar refractivity (Wildman–Crippen MR) is 112 cm³/mol. The molecule has 0 saturated carbocycles. The number of carbonyl (C=O) groups excluding carboxylic acids is 2. The Labute approximate surface area is 170 Å². The summed E-state index contributed by atoms with van der Waals surface area (Å²) >= 11 is 0. The summed E-state index contributed by atoms with van der Waals surface area (Å²) in [6.45, 7) is 5.03. The molecule has 0 aliphatic rings. The maximum absolute atomic E-state index is 12.9. The summed E-state index contributed by atoms with van der Waals surface area (Å²) in [5.74, 6) is 0.139. The first-order valence-corrected chi connectivity index (χ1v) is 9.66. The van der Waals surface area contributed by atoms with Crippen LogP contribution in [0.4, 0.5) is 0 Å². The van der Waals surface area contributed by atoms with Gasteiger partial charge in [0.1, 0.15) is 0 Å². The monoisotopic (exact) mass is 391 g/mol. The van der Waals surface area contributed by atoms with Gasteiger partial charge < -0.3 is 9.80 Å². The van der Waals surface area contributed by atoms with Crippen molar-refractivity contribution >= 4 is 11.8 Å². The molecule has 7 heteroatoms. The number of aromatic nitrogens is 3. The Balaban J connectivity index is 1.93. The third kappa shape index (κ3) is 4.51. The van der Waals surface area contributed by atoms with Crippen LogP contribution in [0.5, 0.6) is 0 Å². The van der Waals surface area contributed by atoms with Gasteiger partial charge >= 0.3 is 0 Å². The molecule has 7 nitrogen and oxygen atoms in total. The van der Waals surface area contributed by atoms with Crippen LogP contribution in [0.3, 0.4) is 0 Å². The number of para-hydroxylation sites is 1. The van der Waals surface area contributed by atoms with Crippen molar-refractivity contribution in [3.8, 4) is 17.1 Å². The number of rotatable bonds is 7. The lowest BCUT2D eigenvalue weighted by molar-refractivity contribution is -0.131. The topological polar surface area (TPSA) is 71.3 Å². The predicted octanol–water partition coefficient (Wildman–Crippen LogP) is 2.87. The molecule has 0 bridgehead atoms. The first kappa shape index (κ1) is 20.3. The van der Waals surface area contributed by atoms with Crippen LogP contribution >= 0.6 is 0 Å². The highest BCUT2D eigenvalue weighted by Crippen LogP contribution is 2.21. The van der Waals surface area contributed by atoms with Crippen molar-refractivity contribution in [2.45, 2.75) is 13.8 Å². The lowest BCUT2D eigenvalue weighted by Gasteiger charge is -2.22. The molecule has 1 aromatic heterocycles. The number of benzene rings is 2. The minimum Gasteiger partial charge on any atom is -0.342 e. The number of nitrogens with zero attached hydrogens (tertiary/aromatic N) is 5. The summed E-state index contributed by atoms with van der Waals surface area (Å²) in [6, 6.07) is 19.1. The molecular weight excluding hydrogens is 366 g/mol. The van der Waals surface area contributed by atoms with E-state index in [1.807, 2.05) is 74.5 Å². The zero-order valence-electron chi connectivity index (χ0n) is 16.9. The molecule has 0 N–H and O–H groups in total. The molecule has 2 amide bonds. The fraction of sp³-hybridized carbons (Fsp3) is 0.273. The van der Waals surface area contributed by atoms with Crippen molar-refractivity contribution in [2.24, 2.45) is 0 Å². The van der Waals surface area contributed by atoms with E-state index >= 15 is 0 Å². The van der Waals surface area contributed by atoms with E-state index in [1.165, 1.54) is 4.90 Å². The van der Waals surface area contributed by atoms with E-state index in [0.29, 0.717) is 18.9 Å². The van der Waals surface area contributed by atoms with Crippen LogP contribution in [0, 0.1) is 0 Å². The highest BCUT2D eigenvalue weighted by atomic mass is 16.2. The number of amides is 2. The Kier molecular flexibility index (Phi) is 6.39. The molecule has 0 radical (unpaired) electrons. The molecule has 0 aliphatic heterocycles. The van der Waals surface area contributed by atoms with Crippen LogP contribution in [0.1, 0.15) is 24.5 Å². The van der Waals surface area contributed by atoms with Crippen LogP contribution in [-0.4, -0.2) is 63.1 Å². The fourth-order valence-corrected chi connectivity index (χ4v) is 3.05. The second kappa shape index (κ2) is 9.14. The van der Waals surface area contributed by atoms with Crippen molar-refractivity contribution in [3.63, 3.8) is 0 Å². The van der Waals surface area contributed by atoms with Gasteiger partial charge in [-0.3, -0.25) is 9.59 Å². The molecule has 3 rings (SSSR count). The molecule has 1 heterocycles. The molecule has 0 saturated heterocycles. The quantitative estimate of drug-likeness (QED) is 0.621. The number of likely N-dealkylation sites (N-methyl/N-ethyl adjacent to an activating group) is 2. The van der Waals surface area contributed by atoms with Crippen molar-refractivity contribution in [1.29, 1.82) is 0 Å². The molecule has 0 atom stereocenters. The van der Waals surface area contributed by atoms with E-state index in [2.05, 4.69) is 10.1 Å². The number of hydrogen-bond acceptors (Lipinski definition) is 4. The molecule has 150 valence electrons. The normalized spacial score (nSPS) is 10.6. The Bertz CT molecular complexity index is 908. The van der Waals surface area contributed by atoms with Gasteiger partial charge in [-0.15, -0.1) is 5.10 Å². The van der Waals surface area contributed by atoms with E-state index in [0.717, 1.165) is 11.3 Å². The van der Waals surface area contributed by atoms with E-state index in [-0.39, 0.29) is 18.3 Å². The van der Waals surface area contributed by atoms with Gasteiger partial charge in [-0.05, 0) is 26.0 Å². The van der Waals surface area contributed by atoms with Crippen molar-refractivity contribution in [2.75, 3.05) is 26.7 Å². The standard InChI is InChI=1S/C22H25N5O2/c1-4-26(5-2)19(28)16-25(3)22(29)20-23-21(17-12-8-6-9-13-17)27(24-20)18-14-10-7-11-15-18/h6-15H,4-5,16H2,1-3H3. The average Bonchev–Trinajstić information content (AvgIpc) is 3.20. The molecule has 0 aliphatic carbocycles. The smallest absolute Gasteiger partial charge is 0.293 e. The van der Waals surface area contributed by atoms with E-state index in [4.69, 9.17) is 0 Å². The van der Waals surface area contributed by atoms with Gasteiger partial charge in [0.15, 0.2) is 5.82 Å². The molecule has 2 aromatic carbocycles. The summed E-state index contributed by atoms with van der Waals surface area (Å²) < 4.78 is 1.66. The molecule has 29 heavy (non-hydrogen) atoms. The molecule has 0 spiro atoms. The number of hydrogen-bond donors (Lipinski definition) is 0. The van der Waals surface area contributed by atoms with Gasteiger partial charge in [0.25, 0.3) is 5.91 Å².